The molecule has 3 N–H and O–H groups in total. The first-order chi connectivity index (χ1) is 13.9. The number of para-hydroxylation sites is 2. The summed E-state index contributed by atoms with van der Waals surface area (Å²) in [4.78, 5) is 12.5. The smallest absolute Gasteiger partial charge is 0.237 e. The fourth-order valence-electron chi connectivity index (χ4n) is 2.81. The van der Waals surface area contributed by atoms with Gasteiger partial charge in [0.25, 0.3) is 0 Å². The Kier molecular flexibility index (Phi) is 6.43. The van der Waals surface area contributed by atoms with Crippen molar-refractivity contribution in [1.29, 1.82) is 0 Å². The maximum absolute atomic E-state index is 12.5. The number of anilines is 1. The molecule has 0 fully saturated rings. The fourth-order valence-corrected chi connectivity index (χ4v) is 3.60. The number of hydrogen-bond acceptors (Lipinski definition) is 6. The number of amides is 1. The Hall–Kier alpha value is -3.00. The Labute approximate surface area is 174 Å². The number of carbonyl (C=O) groups excluding carboxylic acids is 1. The summed E-state index contributed by atoms with van der Waals surface area (Å²) >= 11 is 1.25. The lowest BCUT2D eigenvalue weighted by Gasteiger charge is -2.13. The van der Waals surface area contributed by atoms with Gasteiger partial charge in [-0.1, -0.05) is 48.2 Å². The van der Waals surface area contributed by atoms with Crippen molar-refractivity contribution < 1.29 is 9.53 Å². The number of carbonyl (C=O) groups is 1. The van der Waals surface area contributed by atoms with E-state index in [1.54, 1.807) is 6.92 Å². The summed E-state index contributed by atoms with van der Waals surface area (Å²) in [5, 5.41) is 11.2. The van der Waals surface area contributed by atoms with Gasteiger partial charge in [-0.25, -0.2) is 4.68 Å². The number of thioether (sulfide) groups is 1. The standard InChI is InChI=1S/C21H25N5O2S/c1-13-8-5-6-11-17(13)23-20(27)16(4)29-21-25-24-18(26(21)22)12-28-19-14(2)9-7-10-15(19)3/h5-11,16H,12,22H2,1-4H3,(H,23,27). The number of hydrogen-bond donors (Lipinski definition) is 2. The van der Waals surface area contributed by atoms with E-state index in [9.17, 15) is 4.79 Å². The Bertz CT molecular complexity index is 998. The zero-order valence-corrected chi connectivity index (χ0v) is 17.8. The predicted octanol–water partition coefficient (Wildman–Crippen LogP) is 3.62. The van der Waals surface area contributed by atoms with Gasteiger partial charge in [-0.2, -0.15) is 0 Å². The van der Waals surface area contributed by atoms with Crippen molar-refractivity contribution in [2.75, 3.05) is 11.2 Å². The van der Waals surface area contributed by atoms with Gasteiger partial charge in [0.2, 0.25) is 11.1 Å². The monoisotopic (exact) mass is 411 g/mol. The molecular weight excluding hydrogens is 386 g/mol. The lowest BCUT2D eigenvalue weighted by molar-refractivity contribution is -0.115. The van der Waals surface area contributed by atoms with Crippen molar-refractivity contribution in [1.82, 2.24) is 14.9 Å². The molecule has 0 aliphatic carbocycles. The van der Waals surface area contributed by atoms with Crippen LogP contribution >= 0.6 is 11.8 Å². The molecule has 1 unspecified atom stereocenters. The second kappa shape index (κ2) is 9.00. The van der Waals surface area contributed by atoms with Crippen LogP contribution in [0.3, 0.4) is 0 Å². The molecule has 152 valence electrons. The van der Waals surface area contributed by atoms with E-state index < -0.39 is 5.25 Å². The average molecular weight is 412 g/mol. The van der Waals surface area contributed by atoms with Crippen LogP contribution in [0.5, 0.6) is 5.75 Å². The van der Waals surface area contributed by atoms with Crippen molar-refractivity contribution in [2.45, 2.75) is 44.7 Å². The molecule has 0 aliphatic rings. The number of nitrogens with zero attached hydrogens (tertiary/aromatic N) is 3. The first-order valence-electron chi connectivity index (χ1n) is 9.28. The van der Waals surface area contributed by atoms with Crippen molar-refractivity contribution in [3.8, 4) is 5.75 Å². The maximum Gasteiger partial charge on any atom is 0.237 e. The largest absolute Gasteiger partial charge is 0.485 e. The topological polar surface area (TPSA) is 95.1 Å². The van der Waals surface area contributed by atoms with E-state index in [0.29, 0.717) is 11.0 Å². The number of nitrogens with one attached hydrogen (secondary N) is 1. The number of aryl methyl sites for hydroxylation is 3. The van der Waals surface area contributed by atoms with E-state index >= 15 is 0 Å². The van der Waals surface area contributed by atoms with Crippen LogP contribution in [0.1, 0.15) is 29.4 Å². The first kappa shape index (κ1) is 20.7. The minimum absolute atomic E-state index is 0.124. The van der Waals surface area contributed by atoms with Crippen LogP contribution in [0.15, 0.2) is 47.6 Å². The molecule has 0 radical (unpaired) electrons. The maximum atomic E-state index is 12.5. The quantitative estimate of drug-likeness (QED) is 0.455. The molecule has 1 aromatic heterocycles. The van der Waals surface area contributed by atoms with Crippen molar-refractivity contribution in [2.24, 2.45) is 0 Å². The average Bonchev–Trinajstić information content (AvgIpc) is 3.03. The lowest BCUT2D eigenvalue weighted by Crippen LogP contribution is -2.24. The zero-order chi connectivity index (χ0) is 21.0. The van der Waals surface area contributed by atoms with Gasteiger partial charge in [0.1, 0.15) is 12.4 Å². The van der Waals surface area contributed by atoms with Gasteiger partial charge in [0.15, 0.2) is 5.82 Å². The van der Waals surface area contributed by atoms with E-state index in [1.165, 1.54) is 16.4 Å². The van der Waals surface area contributed by atoms with Crippen LogP contribution in [-0.4, -0.2) is 26.0 Å². The molecule has 2 aromatic carbocycles. The van der Waals surface area contributed by atoms with Gasteiger partial charge in [0, 0.05) is 5.69 Å². The highest BCUT2D eigenvalue weighted by Gasteiger charge is 2.20. The van der Waals surface area contributed by atoms with Crippen LogP contribution in [0.25, 0.3) is 0 Å². The summed E-state index contributed by atoms with van der Waals surface area (Å²) in [5.41, 5.74) is 3.89. The SMILES string of the molecule is Cc1ccccc1NC(=O)C(C)Sc1nnc(COc2c(C)cccc2C)n1N. The highest BCUT2D eigenvalue weighted by Crippen LogP contribution is 2.25. The molecule has 0 saturated heterocycles. The molecule has 3 rings (SSSR count). The summed E-state index contributed by atoms with van der Waals surface area (Å²) < 4.78 is 7.27. The van der Waals surface area contributed by atoms with E-state index in [-0.39, 0.29) is 12.5 Å². The van der Waals surface area contributed by atoms with E-state index in [1.807, 2.05) is 63.2 Å². The van der Waals surface area contributed by atoms with E-state index in [0.717, 1.165) is 28.1 Å². The highest BCUT2D eigenvalue weighted by molar-refractivity contribution is 8.00. The number of nitrogens with two attached hydrogens (primary N) is 1. The van der Waals surface area contributed by atoms with Crippen molar-refractivity contribution in [3.05, 3.63) is 65.0 Å². The van der Waals surface area contributed by atoms with Crippen molar-refractivity contribution in [3.63, 3.8) is 0 Å². The third kappa shape index (κ3) is 4.89. The molecule has 1 amide bonds. The number of nitrogen functional groups attached to an aromatic ring is 1. The normalized spacial score (nSPS) is 11.9. The Morgan fingerprint density at radius 1 is 1.10 bits per heavy atom. The highest BCUT2D eigenvalue weighted by atomic mass is 32.2. The summed E-state index contributed by atoms with van der Waals surface area (Å²) in [7, 11) is 0. The van der Waals surface area contributed by atoms with Gasteiger partial charge in [-0.15, -0.1) is 10.2 Å². The predicted molar refractivity (Wildman–Crippen MR) is 116 cm³/mol. The van der Waals surface area contributed by atoms with Gasteiger partial charge in [0.05, 0.1) is 5.25 Å². The van der Waals surface area contributed by atoms with Crippen LogP contribution in [0.2, 0.25) is 0 Å². The Morgan fingerprint density at radius 3 is 2.45 bits per heavy atom. The van der Waals surface area contributed by atoms with Crippen LogP contribution in [-0.2, 0) is 11.4 Å². The molecule has 7 nitrogen and oxygen atoms in total. The summed E-state index contributed by atoms with van der Waals surface area (Å²) in [6.45, 7) is 7.93. The van der Waals surface area contributed by atoms with Gasteiger partial charge in [-0.05, 0) is 50.5 Å². The summed E-state index contributed by atoms with van der Waals surface area (Å²) in [5.74, 6) is 7.31. The number of ether oxygens (including phenoxy) is 1. The number of rotatable bonds is 7. The second-order valence-electron chi connectivity index (χ2n) is 6.84. The molecule has 3 aromatic rings. The third-order valence-corrected chi connectivity index (χ3v) is 5.60. The molecule has 1 heterocycles. The van der Waals surface area contributed by atoms with Gasteiger partial charge < -0.3 is 15.9 Å². The van der Waals surface area contributed by atoms with E-state index in [4.69, 9.17) is 10.6 Å². The van der Waals surface area contributed by atoms with Gasteiger partial charge in [-0.3, -0.25) is 4.79 Å². The zero-order valence-electron chi connectivity index (χ0n) is 17.0. The Morgan fingerprint density at radius 2 is 1.76 bits per heavy atom. The van der Waals surface area contributed by atoms with Crippen molar-refractivity contribution >= 4 is 23.4 Å². The molecule has 0 spiro atoms. The van der Waals surface area contributed by atoms with E-state index in [2.05, 4.69) is 15.5 Å². The van der Waals surface area contributed by atoms with Crippen LogP contribution < -0.4 is 15.9 Å². The van der Waals surface area contributed by atoms with Crippen LogP contribution in [0.4, 0.5) is 5.69 Å². The molecule has 0 bridgehead atoms. The molecule has 0 saturated carbocycles. The molecular formula is C21H25N5O2S. The number of benzene rings is 2. The Balaban J connectivity index is 1.63. The molecule has 29 heavy (non-hydrogen) atoms. The minimum atomic E-state index is -0.395. The lowest BCUT2D eigenvalue weighted by atomic mass is 10.1. The fraction of sp³-hybridized carbons (Fsp3) is 0.286. The minimum Gasteiger partial charge on any atom is -0.485 e. The molecule has 1 atom stereocenters. The van der Waals surface area contributed by atoms with Crippen LogP contribution in [0, 0.1) is 20.8 Å². The van der Waals surface area contributed by atoms with Gasteiger partial charge >= 0.3 is 0 Å². The molecule has 0 aliphatic heterocycles. The third-order valence-electron chi connectivity index (χ3n) is 4.54. The number of aromatic nitrogens is 3. The first-order valence-corrected chi connectivity index (χ1v) is 10.2. The summed E-state index contributed by atoms with van der Waals surface area (Å²) in [6, 6.07) is 13.6. The molecule has 8 heteroatoms. The summed E-state index contributed by atoms with van der Waals surface area (Å²) in [6.07, 6.45) is 0. The second-order valence-corrected chi connectivity index (χ2v) is 8.15.